The van der Waals surface area contributed by atoms with Crippen LogP contribution in [0, 0.1) is 12.3 Å². The first-order valence-electron chi connectivity index (χ1n) is 4.98. The van der Waals surface area contributed by atoms with Crippen LogP contribution in [0.15, 0.2) is 12.7 Å². The molecular formula is C12H20O. The molecule has 0 rings (SSSR count). The van der Waals surface area contributed by atoms with Gasteiger partial charge in [0.05, 0.1) is 5.60 Å². The van der Waals surface area contributed by atoms with Crippen molar-refractivity contribution in [1.29, 1.82) is 0 Å². The van der Waals surface area contributed by atoms with Crippen molar-refractivity contribution >= 4 is 0 Å². The smallest absolute Gasteiger partial charge is 0.0933 e. The zero-order valence-electron chi connectivity index (χ0n) is 8.55. The van der Waals surface area contributed by atoms with Crippen molar-refractivity contribution < 1.29 is 5.11 Å². The Kier molecular flexibility index (Phi) is 6.36. The van der Waals surface area contributed by atoms with Gasteiger partial charge >= 0.3 is 0 Å². The van der Waals surface area contributed by atoms with Crippen molar-refractivity contribution in [2.75, 3.05) is 0 Å². The molecular weight excluding hydrogens is 160 g/mol. The van der Waals surface area contributed by atoms with Gasteiger partial charge in [-0.3, -0.25) is 0 Å². The summed E-state index contributed by atoms with van der Waals surface area (Å²) >= 11 is 0. The summed E-state index contributed by atoms with van der Waals surface area (Å²) in [6.07, 6.45) is 12.5. The molecule has 0 heterocycles. The first-order chi connectivity index (χ1) is 6.18. The lowest BCUT2D eigenvalue weighted by atomic mass is 9.93. The molecule has 1 N–H and O–H groups in total. The van der Waals surface area contributed by atoms with Crippen LogP contribution in [0.1, 0.15) is 45.4 Å². The molecule has 0 aliphatic heterocycles. The first-order valence-corrected chi connectivity index (χ1v) is 4.98. The van der Waals surface area contributed by atoms with Gasteiger partial charge in [0.1, 0.15) is 0 Å². The molecule has 0 amide bonds. The van der Waals surface area contributed by atoms with Crippen LogP contribution >= 0.6 is 0 Å². The third-order valence-corrected chi connectivity index (χ3v) is 2.25. The van der Waals surface area contributed by atoms with Gasteiger partial charge in [0.2, 0.25) is 0 Å². The van der Waals surface area contributed by atoms with Crippen LogP contribution in [-0.4, -0.2) is 10.7 Å². The Morgan fingerprint density at radius 3 is 2.62 bits per heavy atom. The predicted molar refractivity (Wildman–Crippen MR) is 57.4 cm³/mol. The number of hydrogen-bond donors (Lipinski definition) is 1. The van der Waals surface area contributed by atoms with Crippen LogP contribution in [0.25, 0.3) is 0 Å². The van der Waals surface area contributed by atoms with E-state index in [-0.39, 0.29) is 0 Å². The van der Waals surface area contributed by atoms with E-state index in [2.05, 4.69) is 19.4 Å². The summed E-state index contributed by atoms with van der Waals surface area (Å²) in [6, 6.07) is 0. The highest BCUT2D eigenvalue weighted by molar-refractivity contribution is 5.04. The molecule has 0 radical (unpaired) electrons. The van der Waals surface area contributed by atoms with Crippen molar-refractivity contribution in [3.05, 3.63) is 12.7 Å². The molecule has 0 spiro atoms. The topological polar surface area (TPSA) is 20.2 Å². The Balaban J connectivity index is 3.71. The van der Waals surface area contributed by atoms with Gasteiger partial charge in [-0.25, -0.2) is 0 Å². The molecule has 0 aliphatic carbocycles. The third kappa shape index (κ3) is 5.49. The maximum atomic E-state index is 9.86. The number of terminal acetylenes is 1. The van der Waals surface area contributed by atoms with Crippen LogP contribution in [0.4, 0.5) is 0 Å². The van der Waals surface area contributed by atoms with E-state index in [1.54, 1.807) is 6.08 Å². The molecule has 0 saturated heterocycles. The van der Waals surface area contributed by atoms with E-state index in [4.69, 9.17) is 6.42 Å². The highest BCUT2D eigenvalue weighted by atomic mass is 16.3. The van der Waals surface area contributed by atoms with E-state index >= 15 is 0 Å². The Bertz CT molecular complexity index is 178. The first kappa shape index (κ1) is 12.3. The van der Waals surface area contributed by atoms with Crippen molar-refractivity contribution in [1.82, 2.24) is 0 Å². The molecule has 1 unspecified atom stereocenters. The number of hydrogen-bond acceptors (Lipinski definition) is 1. The van der Waals surface area contributed by atoms with Crippen LogP contribution in [0.5, 0.6) is 0 Å². The molecule has 1 atom stereocenters. The SMILES string of the molecule is C#CCC(O)(C=C)CCCCCC. The van der Waals surface area contributed by atoms with Gasteiger partial charge in [-0.05, 0) is 6.42 Å². The fourth-order valence-corrected chi connectivity index (χ4v) is 1.30. The zero-order chi connectivity index (χ0) is 10.2. The highest BCUT2D eigenvalue weighted by Crippen LogP contribution is 2.19. The van der Waals surface area contributed by atoms with Crippen molar-refractivity contribution in [2.45, 2.75) is 51.0 Å². The fraction of sp³-hybridized carbons (Fsp3) is 0.667. The van der Waals surface area contributed by atoms with Crippen molar-refractivity contribution in [3.8, 4) is 12.3 Å². The minimum atomic E-state index is -0.831. The lowest BCUT2D eigenvalue weighted by Crippen LogP contribution is -2.24. The van der Waals surface area contributed by atoms with E-state index < -0.39 is 5.60 Å². The summed E-state index contributed by atoms with van der Waals surface area (Å²) in [4.78, 5) is 0. The number of unbranched alkanes of at least 4 members (excludes halogenated alkanes) is 3. The van der Waals surface area contributed by atoms with Gasteiger partial charge in [-0.1, -0.05) is 38.7 Å². The van der Waals surface area contributed by atoms with Gasteiger partial charge < -0.3 is 5.11 Å². The molecule has 1 nitrogen and oxygen atoms in total. The number of aliphatic hydroxyl groups is 1. The normalized spacial score (nSPS) is 14.5. The van der Waals surface area contributed by atoms with Crippen molar-refractivity contribution in [3.63, 3.8) is 0 Å². The Morgan fingerprint density at radius 1 is 1.46 bits per heavy atom. The van der Waals surface area contributed by atoms with Gasteiger partial charge in [0, 0.05) is 6.42 Å². The molecule has 13 heavy (non-hydrogen) atoms. The lowest BCUT2D eigenvalue weighted by Gasteiger charge is -2.21. The van der Waals surface area contributed by atoms with E-state index in [1.807, 2.05) is 0 Å². The van der Waals surface area contributed by atoms with E-state index in [1.165, 1.54) is 12.8 Å². The summed E-state index contributed by atoms with van der Waals surface area (Å²) in [5.41, 5.74) is -0.831. The summed E-state index contributed by atoms with van der Waals surface area (Å²) in [6.45, 7) is 5.77. The van der Waals surface area contributed by atoms with Crippen LogP contribution in [0.2, 0.25) is 0 Å². The van der Waals surface area contributed by atoms with Gasteiger partial charge in [-0.15, -0.1) is 18.9 Å². The minimum Gasteiger partial charge on any atom is -0.385 e. The van der Waals surface area contributed by atoms with Gasteiger partial charge in [-0.2, -0.15) is 0 Å². The lowest BCUT2D eigenvalue weighted by molar-refractivity contribution is 0.0842. The quantitative estimate of drug-likeness (QED) is 0.363. The molecule has 0 saturated carbocycles. The molecule has 1 heteroatoms. The number of rotatable bonds is 7. The molecule has 0 aromatic rings. The standard InChI is InChI=1S/C12H20O/c1-4-7-8-9-11-12(13,6-3)10-5-2/h2,6,13H,3-4,7-11H2,1H3. The van der Waals surface area contributed by atoms with E-state index in [9.17, 15) is 5.11 Å². The fourth-order valence-electron chi connectivity index (χ4n) is 1.30. The summed E-state index contributed by atoms with van der Waals surface area (Å²) in [7, 11) is 0. The molecule has 74 valence electrons. The maximum absolute atomic E-state index is 9.86. The Labute approximate surface area is 81.9 Å². The molecule has 0 aromatic heterocycles. The molecule has 0 fully saturated rings. The zero-order valence-corrected chi connectivity index (χ0v) is 8.55. The van der Waals surface area contributed by atoms with E-state index in [0.29, 0.717) is 6.42 Å². The summed E-state index contributed by atoms with van der Waals surface area (Å²) in [5, 5.41) is 9.86. The molecule has 0 aromatic carbocycles. The van der Waals surface area contributed by atoms with Crippen LogP contribution in [-0.2, 0) is 0 Å². The average Bonchev–Trinajstić information content (AvgIpc) is 2.13. The third-order valence-electron chi connectivity index (χ3n) is 2.25. The van der Waals surface area contributed by atoms with E-state index in [0.717, 1.165) is 19.3 Å². The molecule has 0 bridgehead atoms. The Morgan fingerprint density at radius 2 is 2.15 bits per heavy atom. The van der Waals surface area contributed by atoms with Gasteiger partial charge in [0.15, 0.2) is 0 Å². The summed E-state index contributed by atoms with van der Waals surface area (Å²) < 4.78 is 0. The molecule has 0 aliphatic rings. The van der Waals surface area contributed by atoms with Crippen LogP contribution in [0.3, 0.4) is 0 Å². The second-order valence-corrected chi connectivity index (χ2v) is 3.50. The maximum Gasteiger partial charge on any atom is 0.0933 e. The second kappa shape index (κ2) is 6.74. The largest absolute Gasteiger partial charge is 0.385 e. The minimum absolute atomic E-state index is 0.378. The summed E-state index contributed by atoms with van der Waals surface area (Å²) in [5.74, 6) is 2.48. The monoisotopic (exact) mass is 180 g/mol. The Hall–Kier alpha value is -0.740. The highest BCUT2D eigenvalue weighted by Gasteiger charge is 2.20. The predicted octanol–water partition coefficient (Wildman–Crippen LogP) is 2.90. The second-order valence-electron chi connectivity index (χ2n) is 3.50. The average molecular weight is 180 g/mol. The van der Waals surface area contributed by atoms with Gasteiger partial charge in [0.25, 0.3) is 0 Å². The van der Waals surface area contributed by atoms with Crippen LogP contribution < -0.4 is 0 Å². The van der Waals surface area contributed by atoms with Crippen molar-refractivity contribution in [2.24, 2.45) is 0 Å².